The largest absolute Gasteiger partial charge is 0.278 e. The summed E-state index contributed by atoms with van der Waals surface area (Å²) in [6.45, 7) is 6.18. The zero-order valence-corrected chi connectivity index (χ0v) is 14.6. The van der Waals surface area contributed by atoms with Crippen molar-refractivity contribution in [3.8, 4) is 0 Å². The van der Waals surface area contributed by atoms with E-state index in [1.54, 1.807) is 22.9 Å². The van der Waals surface area contributed by atoms with E-state index in [1.165, 1.54) is 11.3 Å². The minimum atomic E-state index is -0.228. The van der Waals surface area contributed by atoms with E-state index in [9.17, 15) is 4.79 Å². The fourth-order valence-electron chi connectivity index (χ4n) is 2.22. The van der Waals surface area contributed by atoms with E-state index in [0.717, 1.165) is 11.3 Å². The molecule has 3 aromatic heterocycles. The number of thiazole rings is 1. The van der Waals surface area contributed by atoms with Gasteiger partial charge in [-0.05, 0) is 17.7 Å². The second-order valence-corrected chi connectivity index (χ2v) is 7.44. The summed E-state index contributed by atoms with van der Waals surface area (Å²) in [5, 5.41) is 2.10. The predicted octanol–water partition coefficient (Wildman–Crippen LogP) is 4.27. The number of pyridine rings is 1. The van der Waals surface area contributed by atoms with Crippen molar-refractivity contribution >= 4 is 40.1 Å². The molecule has 3 aromatic rings. The highest BCUT2D eigenvalue weighted by atomic mass is 35.5. The Morgan fingerprint density at radius 3 is 2.74 bits per heavy atom. The highest BCUT2D eigenvalue weighted by Gasteiger charge is 2.22. The Labute approximate surface area is 143 Å². The summed E-state index contributed by atoms with van der Waals surface area (Å²) >= 11 is 7.71. The molecule has 0 aliphatic carbocycles. The molecule has 0 N–H and O–H groups in total. The van der Waals surface area contributed by atoms with Crippen LogP contribution in [0.3, 0.4) is 0 Å². The van der Waals surface area contributed by atoms with Crippen LogP contribution in [0.15, 0.2) is 34.7 Å². The van der Waals surface area contributed by atoms with Gasteiger partial charge in [0.1, 0.15) is 5.02 Å². The van der Waals surface area contributed by atoms with Crippen LogP contribution in [0.4, 0.5) is 0 Å². The Balaban J connectivity index is 2.13. The molecule has 0 atom stereocenters. The number of hydrogen-bond donors (Lipinski definition) is 0. The molecular weight excluding hydrogens is 330 g/mol. The van der Waals surface area contributed by atoms with Crippen LogP contribution >= 0.6 is 22.9 Å². The summed E-state index contributed by atoms with van der Waals surface area (Å²) in [7, 11) is 0. The first kappa shape index (κ1) is 15.9. The van der Waals surface area contributed by atoms with Crippen molar-refractivity contribution in [2.45, 2.75) is 26.2 Å². The Bertz CT molecular complexity index is 936. The van der Waals surface area contributed by atoms with Gasteiger partial charge in [-0.1, -0.05) is 44.5 Å². The first-order valence-electron chi connectivity index (χ1n) is 7.16. The van der Waals surface area contributed by atoms with Gasteiger partial charge in [-0.2, -0.15) is 0 Å². The molecule has 0 aliphatic rings. The quantitative estimate of drug-likeness (QED) is 0.696. The van der Waals surface area contributed by atoms with Gasteiger partial charge in [-0.3, -0.25) is 14.2 Å². The Morgan fingerprint density at radius 2 is 2.09 bits per heavy atom. The van der Waals surface area contributed by atoms with E-state index in [0.29, 0.717) is 10.7 Å². The summed E-state index contributed by atoms with van der Waals surface area (Å²) in [6, 6.07) is 3.77. The predicted molar refractivity (Wildman–Crippen MR) is 96.2 cm³/mol. The molecule has 3 heterocycles. The Kier molecular flexibility index (Phi) is 4.08. The van der Waals surface area contributed by atoms with Crippen LogP contribution in [0.2, 0.25) is 5.02 Å². The van der Waals surface area contributed by atoms with Crippen molar-refractivity contribution < 1.29 is 0 Å². The Hall–Kier alpha value is -1.98. The van der Waals surface area contributed by atoms with Gasteiger partial charge < -0.3 is 0 Å². The van der Waals surface area contributed by atoms with Gasteiger partial charge in [0.15, 0.2) is 4.96 Å². The molecule has 23 heavy (non-hydrogen) atoms. The zero-order valence-electron chi connectivity index (χ0n) is 13.1. The maximum Gasteiger partial charge on any atom is 0.278 e. The van der Waals surface area contributed by atoms with E-state index in [1.807, 2.05) is 23.6 Å². The first-order chi connectivity index (χ1) is 10.9. The molecule has 118 valence electrons. The van der Waals surface area contributed by atoms with Crippen LogP contribution in [-0.4, -0.2) is 14.4 Å². The van der Waals surface area contributed by atoms with Crippen LogP contribution in [0.25, 0.3) is 17.1 Å². The maximum atomic E-state index is 12.6. The lowest BCUT2D eigenvalue weighted by atomic mass is 9.93. The van der Waals surface area contributed by atoms with Gasteiger partial charge in [0, 0.05) is 28.9 Å². The molecule has 0 spiro atoms. The van der Waals surface area contributed by atoms with E-state index >= 15 is 0 Å². The average Bonchev–Trinajstić information content (AvgIpc) is 2.94. The highest BCUT2D eigenvalue weighted by Crippen LogP contribution is 2.27. The fourth-order valence-corrected chi connectivity index (χ4v) is 3.53. The van der Waals surface area contributed by atoms with Crippen molar-refractivity contribution in [2.24, 2.45) is 0 Å². The summed E-state index contributed by atoms with van der Waals surface area (Å²) < 4.78 is 1.61. The number of nitrogens with zero attached hydrogens (tertiary/aromatic N) is 3. The summed E-state index contributed by atoms with van der Waals surface area (Å²) in [5.41, 5.74) is 1.93. The normalized spacial score (nSPS) is 12.3. The van der Waals surface area contributed by atoms with Gasteiger partial charge in [0.2, 0.25) is 0 Å². The molecule has 0 radical (unpaired) electrons. The molecule has 3 rings (SSSR count). The van der Waals surface area contributed by atoms with Gasteiger partial charge in [0.05, 0.1) is 5.69 Å². The SMILES string of the molecule is CC(C)(C)c1csc2nc(C=Cc3cccnc3)c(Cl)c(=O)n12. The fraction of sp³-hybridized carbons (Fsp3) is 0.235. The van der Waals surface area contributed by atoms with Gasteiger partial charge in [-0.15, -0.1) is 11.3 Å². The molecule has 0 fully saturated rings. The van der Waals surface area contributed by atoms with Crippen molar-refractivity contribution in [3.63, 3.8) is 0 Å². The lowest BCUT2D eigenvalue weighted by molar-refractivity contribution is 0.561. The average molecular weight is 346 g/mol. The van der Waals surface area contributed by atoms with Crippen LogP contribution in [0.5, 0.6) is 0 Å². The second-order valence-electron chi connectivity index (χ2n) is 6.22. The van der Waals surface area contributed by atoms with Crippen molar-refractivity contribution in [3.05, 3.63) is 62.2 Å². The van der Waals surface area contributed by atoms with Crippen molar-refractivity contribution in [1.29, 1.82) is 0 Å². The minimum absolute atomic E-state index is 0.131. The summed E-state index contributed by atoms with van der Waals surface area (Å²) in [5.74, 6) is 0. The van der Waals surface area contributed by atoms with Crippen LogP contribution < -0.4 is 5.56 Å². The zero-order chi connectivity index (χ0) is 16.6. The maximum absolute atomic E-state index is 12.6. The second kappa shape index (κ2) is 5.91. The van der Waals surface area contributed by atoms with Crippen molar-refractivity contribution in [2.75, 3.05) is 0 Å². The molecule has 0 bridgehead atoms. The molecule has 0 saturated heterocycles. The van der Waals surface area contributed by atoms with Gasteiger partial charge in [0.25, 0.3) is 5.56 Å². The van der Waals surface area contributed by atoms with E-state index < -0.39 is 0 Å². The van der Waals surface area contributed by atoms with Crippen molar-refractivity contribution in [1.82, 2.24) is 14.4 Å². The third kappa shape index (κ3) is 3.07. The number of hydrogen-bond acceptors (Lipinski definition) is 4. The molecule has 0 aliphatic heterocycles. The minimum Gasteiger partial charge on any atom is -0.267 e. The third-order valence-corrected chi connectivity index (χ3v) is 4.61. The lowest BCUT2D eigenvalue weighted by Crippen LogP contribution is -2.23. The molecule has 0 saturated carbocycles. The molecule has 0 unspecified atom stereocenters. The van der Waals surface area contributed by atoms with E-state index in [-0.39, 0.29) is 16.0 Å². The highest BCUT2D eigenvalue weighted by molar-refractivity contribution is 7.15. The van der Waals surface area contributed by atoms with E-state index in [4.69, 9.17) is 11.6 Å². The van der Waals surface area contributed by atoms with Crippen LogP contribution in [0.1, 0.15) is 37.7 Å². The van der Waals surface area contributed by atoms with Crippen LogP contribution in [0, 0.1) is 0 Å². The van der Waals surface area contributed by atoms with Gasteiger partial charge in [-0.25, -0.2) is 4.98 Å². The molecule has 6 heteroatoms. The third-order valence-electron chi connectivity index (χ3n) is 3.43. The lowest BCUT2D eigenvalue weighted by Gasteiger charge is -2.17. The molecule has 0 aromatic carbocycles. The van der Waals surface area contributed by atoms with E-state index in [2.05, 4.69) is 30.7 Å². The molecule has 4 nitrogen and oxygen atoms in total. The number of fused-ring (bicyclic) bond motifs is 1. The standard InChI is InChI=1S/C17H16ClN3OS/c1-17(2,3)13-10-23-16-20-12(14(18)15(22)21(13)16)7-6-11-5-4-8-19-9-11/h4-10H,1-3H3. The number of aromatic nitrogens is 3. The summed E-state index contributed by atoms with van der Waals surface area (Å²) in [4.78, 5) is 21.9. The topological polar surface area (TPSA) is 47.3 Å². The van der Waals surface area contributed by atoms with Gasteiger partial charge >= 0.3 is 0 Å². The number of halogens is 1. The molecular formula is C17H16ClN3OS. The Morgan fingerprint density at radius 1 is 1.30 bits per heavy atom. The first-order valence-corrected chi connectivity index (χ1v) is 8.42. The summed E-state index contributed by atoms with van der Waals surface area (Å²) in [6.07, 6.45) is 7.03. The number of rotatable bonds is 2. The molecule has 0 amide bonds. The monoisotopic (exact) mass is 345 g/mol. The smallest absolute Gasteiger partial charge is 0.267 e. The van der Waals surface area contributed by atoms with Crippen LogP contribution in [-0.2, 0) is 5.41 Å².